The van der Waals surface area contributed by atoms with Crippen LogP contribution in [0.5, 0.6) is 0 Å². The monoisotopic (exact) mass is 321 g/mol. The van der Waals surface area contributed by atoms with Crippen molar-refractivity contribution >= 4 is 21.6 Å². The highest BCUT2D eigenvalue weighted by Crippen LogP contribution is 2.18. The summed E-state index contributed by atoms with van der Waals surface area (Å²) in [5.41, 5.74) is 2.03. The molecule has 0 fully saturated rings. The van der Waals surface area contributed by atoms with Crippen LogP contribution in [0.4, 0.5) is 5.69 Å². The summed E-state index contributed by atoms with van der Waals surface area (Å²) in [5, 5.41) is 2.83. The number of para-hydroxylation sites is 1. The molecular weight excluding hydrogens is 302 g/mol. The Morgan fingerprint density at radius 2 is 1.95 bits per heavy atom. The molecule has 0 saturated carbocycles. The molecular formula is C15H19N3O3S. The Kier molecular flexibility index (Phi) is 4.68. The Hall–Kier alpha value is -2.12. The molecule has 1 aromatic heterocycles. The second kappa shape index (κ2) is 6.33. The van der Waals surface area contributed by atoms with Gasteiger partial charge in [-0.3, -0.25) is 4.79 Å². The number of sulfonamides is 1. The highest BCUT2D eigenvalue weighted by Gasteiger charge is 2.19. The number of carbonyl (C=O) groups is 1. The molecule has 2 rings (SSSR count). The number of rotatable bonds is 5. The molecule has 2 N–H and O–H groups in total. The van der Waals surface area contributed by atoms with Gasteiger partial charge in [-0.2, -0.15) is 0 Å². The zero-order chi connectivity index (χ0) is 16.3. The number of amides is 1. The summed E-state index contributed by atoms with van der Waals surface area (Å²) in [5.74, 6) is -0.346. The lowest BCUT2D eigenvalue weighted by atomic mass is 10.1. The number of nitrogens with zero attached hydrogens (tertiary/aromatic N) is 1. The first-order chi connectivity index (χ1) is 10.4. The molecule has 1 heterocycles. The highest BCUT2D eigenvalue weighted by atomic mass is 32.2. The van der Waals surface area contributed by atoms with Gasteiger partial charge in [0.05, 0.1) is 0 Å². The smallest absolute Gasteiger partial charge is 0.272 e. The molecule has 0 bridgehead atoms. The van der Waals surface area contributed by atoms with Gasteiger partial charge in [0, 0.05) is 18.9 Å². The van der Waals surface area contributed by atoms with Crippen LogP contribution in [-0.4, -0.2) is 25.9 Å². The lowest BCUT2D eigenvalue weighted by Gasteiger charge is -2.09. The summed E-state index contributed by atoms with van der Waals surface area (Å²) in [6.45, 7) is 2.01. The summed E-state index contributed by atoms with van der Waals surface area (Å²) >= 11 is 0. The maximum Gasteiger partial charge on any atom is 0.272 e. The van der Waals surface area contributed by atoms with E-state index in [-0.39, 0.29) is 16.5 Å². The molecule has 6 nitrogen and oxygen atoms in total. The summed E-state index contributed by atoms with van der Waals surface area (Å²) in [6.07, 6.45) is 2.20. The zero-order valence-corrected chi connectivity index (χ0v) is 13.6. The molecule has 7 heteroatoms. The molecule has 1 amide bonds. The van der Waals surface area contributed by atoms with E-state index < -0.39 is 10.0 Å². The minimum absolute atomic E-state index is 0.0615. The van der Waals surface area contributed by atoms with E-state index >= 15 is 0 Å². The van der Waals surface area contributed by atoms with E-state index in [9.17, 15) is 13.2 Å². The maximum absolute atomic E-state index is 12.4. The van der Waals surface area contributed by atoms with Crippen molar-refractivity contribution in [1.29, 1.82) is 0 Å². The first-order valence-electron chi connectivity index (χ1n) is 6.88. The number of nitrogens with one attached hydrogen (secondary N) is 2. The van der Waals surface area contributed by atoms with Crippen molar-refractivity contribution in [1.82, 2.24) is 9.29 Å². The summed E-state index contributed by atoms with van der Waals surface area (Å²) < 4.78 is 27.3. The number of carbonyl (C=O) groups excluding carboxylic acids is 1. The van der Waals surface area contributed by atoms with Gasteiger partial charge in [0.2, 0.25) is 10.0 Å². The lowest BCUT2D eigenvalue weighted by Crippen LogP contribution is -2.18. The number of benzene rings is 1. The van der Waals surface area contributed by atoms with E-state index in [0.29, 0.717) is 0 Å². The van der Waals surface area contributed by atoms with E-state index in [1.54, 1.807) is 7.05 Å². The molecule has 1 aromatic carbocycles. The topological polar surface area (TPSA) is 80.2 Å². The van der Waals surface area contributed by atoms with Crippen LogP contribution in [0.25, 0.3) is 0 Å². The van der Waals surface area contributed by atoms with Crippen LogP contribution in [0.1, 0.15) is 23.0 Å². The number of hydrogen-bond donors (Lipinski definition) is 2. The van der Waals surface area contributed by atoms with Crippen LogP contribution in [0, 0.1) is 0 Å². The van der Waals surface area contributed by atoms with Crippen molar-refractivity contribution in [2.45, 2.75) is 18.2 Å². The fourth-order valence-electron chi connectivity index (χ4n) is 2.16. The maximum atomic E-state index is 12.4. The highest BCUT2D eigenvalue weighted by molar-refractivity contribution is 7.89. The second-order valence-electron chi connectivity index (χ2n) is 4.84. The minimum atomic E-state index is -3.57. The fraction of sp³-hybridized carbons (Fsp3) is 0.267. The Bertz CT molecular complexity index is 794. The first-order valence-corrected chi connectivity index (χ1v) is 8.36. The number of aryl methyl sites for hydroxylation is 2. The zero-order valence-electron chi connectivity index (χ0n) is 12.8. The molecule has 0 aliphatic heterocycles. The van der Waals surface area contributed by atoms with E-state index in [4.69, 9.17) is 0 Å². The minimum Gasteiger partial charge on any atom is -0.345 e. The normalized spacial score (nSPS) is 11.4. The van der Waals surface area contributed by atoms with Gasteiger partial charge in [0.25, 0.3) is 5.91 Å². The van der Waals surface area contributed by atoms with Gasteiger partial charge in [0.15, 0.2) is 0 Å². The van der Waals surface area contributed by atoms with E-state index in [1.165, 1.54) is 23.9 Å². The molecule has 0 aliphatic carbocycles. The van der Waals surface area contributed by atoms with Gasteiger partial charge in [-0.05, 0) is 31.2 Å². The fourth-order valence-corrected chi connectivity index (χ4v) is 2.96. The molecule has 0 aliphatic rings. The Labute approximate surface area is 130 Å². The van der Waals surface area contributed by atoms with Gasteiger partial charge in [0.1, 0.15) is 10.6 Å². The summed E-state index contributed by atoms with van der Waals surface area (Å²) in [4.78, 5) is 12.4. The van der Waals surface area contributed by atoms with Crippen LogP contribution < -0.4 is 10.0 Å². The molecule has 22 heavy (non-hydrogen) atoms. The molecule has 0 saturated heterocycles. The van der Waals surface area contributed by atoms with Crippen molar-refractivity contribution in [3.05, 3.63) is 47.8 Å². The molecule has 118 valence electrons. The standard InChI is InChI=1S/C15H19N3O3S/c1-4-11-7-5-6-8-13(11)17-15(19)14-9-12(10-18(14)3)22(20,21)16-2/h5-10,16H,4H2,1-3H3,(H,17,19). The van der Waals surface area contributed by atoms with Crippen LogP contribution in [0.15, 0.2) is 41.4 Å². The van der Waals surface area contributed by atoms with Gasteiger partial charge < -0.3 is 9.88 Å². The number of hydrogen-bond acceptors (Lipinski definition) is 3. The van der Waals surface area contributed by atoms with Gasteiger partial charge in [-0.15, -0.1) is 0 Å². The lowest BCUT2D eigenvalue weighted by molar-refractivity contribution is 0.101. The summed E-state index contributed by atoms with van der Waals surface area (Å²) in [7, 11) is -0.603. The quantitative estimate of drug-likeness (QED) is 0.880. The Morgan fingerprint density at radius 1 is 1.27 bits per heavy atom. The van der Waals surface area contributed by atoms with Crippen LogP contribution in [-0.2, 0) is 23.5 Å². The summed E-state index contributed by atoms with van der Waals surface area (Å²) in [6, 6.07) is 8.88. The van der Waals surface area contributed by atoms with E-state index in [1.807, 2.05) is 31.2 Å². The van der Waals surface area contributed by atoms with Crippen molar-refractivity contribution < 1.29 is 13.2 Å². The number of aromatic nitrogens is 1. The van der Waals surface area contributed by atoms with Crippen LogP contribution >= 0.6 is 0 Å². The molecule has 0 radical (unpaired) electrons. The molecule has 0 atom stereocenters. The van der Waals surface area contributed by atoms with Crippen molar-refractivity contribution in [3.8, 4) is 0 Å². The largest absolute Gasteiger partial charge is 0.345 e. The van der Waals surface area contributed by atoms with Crippen molar-refractivity contribution in [3.63, 3.8) is 0 Å². The average molecular weight is 321 g/mol. The second-order valence-corrected chi connectivity index (χ2v) is 6.73. The van der Waals surface area contributed by atoms with Gasteiger partial charge >= 0.3 is 0 Å². The average Bonchev–Trinajstić information content (AvgIpc) is 2.90. The molecule has 2 aromatic rings. The predicted molar refractivity (Wildman–Crippen MR) is 85.4 cm³/mol. The molecule has 0 spiro atoms. The van der Waals surface area contributed by atoms with Crippen molar-refractivity contribution in [2.75, 3.05) is 12.4 Å². The van der Waals surface area contributed by atoms with Gasteiger partial charge in [-0.1, -0.05) is 25.1 Å². The number of anilines is 1. The molecule has 0 unspecified atom stereocenters. The Balaban J connectivity index is 2.31. The third kappa shape index (κ3) is 3.20. The van der Waals surface area contributed by atoms with Crippen LogP contribution in [0.2, 0.25) is 0 Å². The third-order valence-electron chi connectivity index (χ3n) is 3.44. The Morgan fingerprint density at radius 3 is 2.59 bits per heavy atom. The predicted octanol–water partition coefficient (Wildman–Crippen LogP) is 1.75. The van der Waals surface area contributed by atoms with Crippen molar-refractivity contribution in [2.24, 2.45) is 7.05 Å². The third-order valence-corrected chi connectivity index (χ3v) is 4.82. The SMILES string of the molecule is CCc1ccccc1NC(=O)c1cc(S(=O)(=O)NC)cn1C. The van der Waals surface area contributed by atoms with Crippen LogP contribution in [0.3, 0.4) is 0 Å². The first kappa shape index (κ1) is 16.3. The van der Waals surface area contributed by atoms with E-state index in [2.05, 4.69) is 10.0 Å². The van der Waals surface area contributed by atoms with E-state index in [0.717, 1.165) is 17.7 Å². The van der Waals surface area contributed by atoms with Gasteiger partial charge in [-0.25, -0.2) is 13.1 Å².